The molecule has 0 unspecified atom stereocenters. The molecule has 0 saturated carbocycles. The van der Waals surface area contributed by atoms with Crippen molar-refractivity contribution < 1.29 is 28.2 Å². The van der Waals surface area contributed by atoms with Crippen molar-refractivity contribution in [3.8, 4) is 11.1 Å². The molecule has 3 N–H and O–H groups in total. The molecule has 0 atom stereocenters. The van der Waals surface area contributed by atoms with Gasteiger partial charge in [-0.3, -0.25) is 0 Å². The molecule has 0 aromatic carbocycles. The molecule has 0 bridgehead atoms. The third-order valence-corrected chi connectivity index (χ3v) is 1.35. The summed E-state index contributed by atoms with van der Waals surface area (Å²) >= 11 is 0. The summed E-state index contributed by atoms with van der Waals surface area (Å²) in [7, 11) is -2.17. The Morgan fingerprint density at radius 3 is 1.31 bits per heavy atom. The summed E-state index contributed by atoms with van der Waals surface area (Å²) in [6.45, 7) is 0. The van der Waals surface area contributed by atoms with Crippen molar-refractivity contribution in [2.45, 2.75) is 0 Å². The van der Waals surface area contributed by atoms with Crippen LogP contribution in [0.1, 0.15) is 0 Å². The average Bonchev–Trinajstić information content (AvgIpc) is 2.73. The molecule has 0 saturated heterocycles. The molecule has 2 aliphatic carbocycles. The van der Waals surface area contributed by atoms with Gasteiger partial charge in [0.15, 0.2) is 17.5 Å². The number of rotatable bonds is 0. The van der Waals surface area contributed by atoms with E-state index in [1.807, 2.05) is 0 Å². The van der Waals surface area contributed by atoms with Gasteiger partial charge in [0.25, 0.3) is 0 Å². The van der Waals surface area contributed by atoms with Gasteiger partial charge in [-0.15, -0.1) is 0 Å². The van der Waals surface area contributed by atoms with Crippen LogP contribution in [0.5, 0.6) is 0 Å². The number of benzene rings is 1. The lowest BCUT2D eigenvalue weighted by atomic mass is 10.3. The molecule has 0 aliphatic heterocycles. The third kappa shape index (κ3) is 2.00. The van der Waals surface area contributed by atoms with Crippen molar-refractivity contribution in [3.63, 3.8) is 0 Å². The van der Waals surface area contributed by atoms with Crippen molar-refractivity contribution in [2.75, 3.05) is 0 Å². The van der Waals surface area contributed by atoms with E-state index in [1.165, 1.54) is 6.07 Å². The van der Waals surface area contributed by atoms with E-state index in [0.29, 0.717) is 0 Å². The van der Waals surface area contributed by atoms with Crippen LogP contribution in [0.25, 0.3) is 11.1 Å². The Morgan fingerprint density at radius 1 is 0.846 bits per heavy atom. The lowest BCUT2D eigenvalue weighted by Gasteiger charge is -1.78. The monoisotopic (exact) mass is 192 g/mol. The minimum Gasteiger partial charge on any atom is -0.402 e. The Bertz CT molecular complexity index is 313. The molecule has 70 valence electrons. The van der Waals surface area contributed by atoms with Gasteiger partial charge >= 0.3 is 7.32 Å². The second kappa shape index (κ2) is 3.37. The van der Waals surface area contributed by atoms with Gasteiger partial charge in [-0.25, -0.2) is 13.2 Å². The second-order valence-electron chi connectivity index (χ2n) is 2.26. The molecule has 3 nitrogen and oxygen atoms in total. The largest absolute Gasteiger partial charge is 0.631 e. The van der Waals surface area contributed by atoms with Crippen molar-refractivity contribution in [1.82, 2.24) is 0 Å². The van der Waals surface area contributed by atoms with Crippen LogP contribution in [0.2, 0.25) is 0 Å². The molecule has 0 radical (unpaired) electrons. The summed E-state index contributed by atoms with van der Waals surface area (Å²) in [6, 6.07) is 1.27. The summed E-state index contributed by atoms with van der Waals surface area (Å²) in [5, 5.41) is 21.5. The summed E-state index contributed by atoms with van der Waals surface area (Å²) < 4.78 is 36.3. The third-order valence-electron chi connectivity index (χ3n) is 1.35. The van der Waals surface area contributed by atoms with Crippen molar-refractivity contribution in [2.24, 2.45) is 0 Å². The van der Waals surface area contributed by atoms with E-state index in [9.17, 15) is 13.2 Å². The van der Waals surface area contributed by atoms with E-state index >= 15 is 0 Å². The maximum absolute atomic E-state index is 12.2. The molecule has 0 amide bonds. The highest BCUT2D eigenvalue weighted by Gasteiger charge is 2.30. The Kier molecular flexibility index (Phi) is 2.60. The van der Waals surface area contributed by atoms with E-state index < -0.39 is 24.8 Å². The smallest absolute Gasteiger partial charge is 0.402 e. The normalized spacial score (nSPS) is 10.3. The summed E-state index contributed by atoms with van der Waals surface area (Å²) in [5.74, 6) is -3.45. The van der Waals surface area contributed by atoms with Gasteiger partial charge in [0.05, 0.1) is 0 Å². The van der Waals surface area contributed by atoms with Crippen molar-refractivity contribution in [1.29, 1.82) is 0 Å². The fourth-order valence-electron chi connectivity index (χ4n) is 0.804. The van der Waals surface area contributed by atoms with Crippen LogP contribution in [-0.4, -0.2) is 22.4 Å². The first-order chi connectivity index (χ1) is 5.95. The van der Waals surface area contributed by atoms with Gasteiger partial charge < -0.3 is 15.1 Å². The molecular formula is C6H4BF3O3. The molecule has 7 heteroatoms. The van der Waals surface area contributed by atoms with Crippen LogP contribution in [0.15, 0.2) is 6.07 Å². The quantitative estimate of drug-likeness (QED) is 0.407. The predicted molar refractivity (Wildman–Crippen MR) is 37.7 cm³/mol. The van der Waals surface area contributed by atoms with Crippen LogP contribution in [0.3, 0.4) is 0 Å². The maximum atomic E-state index is 12.2. The SMILES string of the molecule is Fc1c2cc-2c(F)c1F.OB(O)O. The van der Waals surface area contributed by atoms with E-state index in [0.717, 1.165) is 0 Å². The van der Waals surface area contributed by atoms with Crippen LogP contribution in [0.4, 0.5) is 13.2 Å². The lowest BCUT2D eigenvalue weighted by Crippen LogP contribution is -2.07. The standard InChI is InChI=1S/C6HF3.BH3O3/c7-4-2-1-3(2)5(8)6(4)9;2-1(3)4/h1H;2-4H. The molecule has 2 aliphatic rings. The number of hydrogen-bond donors (Lipinski definition) is 3. The number of hydrogen-bond acceptors (Lipinski definition) is 3. The fraction of sp³-hybridized carbons (Fsp3) is 0. The minimum absolute atomic E-state index is 0.0880. The topological polar surface area (TPSA) is 60.7 Å². The molecule has 0 fully saturated rings. The van der Waals surface area contributed by atoms with Gasteiger partial charge in [0.1, 0.15) is 0 Å². The predicted octanol–water partition coefficient (Wildman–Crippen LogP) is 0.0325. The van der Waals surface area contributed by atoms with Gasteiger partial charge in [-0.1, -0.05) is 0 Å². The molecule has 0 spiro atoms. The summed E-state index contributed by atoms with van der Waals surface area (Å²) in [4.78, 5) is 0. The second-order valence-corrected chi connectivity index (χ2v) is 2.26. The van der Waals surface area contributed by atoms with Crippen LogP contribution in [0, 0.1) is 17.5 Å². The Balaban J connectivity index is 0.000000184. The Hall–Kier alpha value is -1.05. The first-order valence-electron chi connectivity index (χ1n) is 3.17. The van der Waals surface area contributed by atoms with Crippen LogP contribution >= 0.6 is 0 Å². The first kappa shape index (κ1) is 10.0. The number of halogens is 3. The minimum atomic E-state index is -2.17. The highest BCUT2D eigenvalue weighted by molar-refractivity contribution is 6.30. The van der Waals surface area contributed by atoms with E-state index in [1.54, 1.807) is 0 Å². The van der Waals surface area contributed by atoms with Crippen LogP contribution < -0.4 is 0 Å². The Morgan fingerprint density at radius 2 is 1.15 bits per heavy atom. The molecule has 2 rings (SSSR count). The Labute approximate surface area is 71.2 Å². The fourth-order valence-corrected chi connectivity index (χ4v) is 0.804. The van der Waals surface area contributed by atoms with Gasteiger partial charge in [-0.05, 0) is 6.07 Å². The zero-order valence-electron chi connectivity index (χ0n) is 6.13. The highest BCUT2D eigenvalue weighted by atomic mass is 19.2. The summed E-state index contributed by atoms with van der Waals surface area (Å²) in [5.41, 5.74) is 0.176. The number of fused-ring (bicyclic) bond motifs is 1. The van der Waals surface area contributed by atoms with Gasteiger partial charge in [0, 0.05) is 11.1 Å². The molecule has 0 aromatic heterocycles. The van der Waals surface area contributed by atoms with E-state index in [4.69, 9.17) is 15.1 Å². The van der Waals surface area contributed by atoms with Crippen molar-refractivity contribution in [3.05, 3.63) is 23.5 Å². The van der Waals surface area contributed by atoms with Crippen molar-refractivity contribution >= 4 is 7.32 Å². The maximum Gasteiger partial charge on any atom is 0.631 e. The highest BCUT2D eigenvalue weighted by Crippen LogP contribution is 2.42. The van der Waals surface area contributed by atoms with E-state index in [2.05, 4.69) is 0 Å². The molecule has 13 heavy (non-hydrogen) atoms. The van der Waals surface area contributed by atoms with Crippen LogP contribution in [-0.2, 0) is 0 Å². The van der Waals surface area contributed by atoms with Gasteiger partial charge in [-0.2, -0.15) is 0 Å². The summed E-state index contributed by atoms with van der Waals surface area (Å²) in [6.07, 6.45) is 0. The average molecular weight is 192 g/mol. The van der Waals surface area contributed by atoms with Gasteiger partial charge in [0.2, 0.25) is 0 Å². The lowest BCUT2D eigenvalue weighted by molar-refractivity contribution is 0.278. The molecular weight excluding hydrogens is 188 g/mol. The zero-order chi connectivity index (χ0) is 10.2. The molecule has 0 heterocycles. The zero-order valence-corrected chi connectivity index (χ0v) is 6.13. The molecule has 0 aromatic rings. The van der Waals surface area contributed by atoms with E-state index in [-0.39, 0.29) is 11.1 Å². The first-order valence-corrected chi connectivity index (χ1v) is 3.17.